The smallest absolute Gasteiger partial charge is 0.333 e. The zero-order valence-electron chi connectivity index (χ0n) is 20.9. The number of piperidine rings is 1. The van der Waals surface area contributed by atoms with Crippen molar-refractivity contribution in [3.8, 4) is 5.75 Å². The topological polar surface area (TPSA) is 67.9 Å². The number of carbonyl (C=O) groups excluding carboxylic acids is 2. The Morgan fingerprint density at radius 2 is 1.72 bits per heavy atom. The van der Waals surface area contributed by atoms with E-state index in [1.54, 1.807) is 7.11 Å². The standard InChI is InChI=1S/C30H34N2O4/c1-3-22-17-18-32(20-27(33)23-11-6-4-7-12-23)21-28(22)36-30(34)29(24-13-8-5-9-14-24)31-25-15-10-16-26(19-25)35-2/h4-16,19,22,28-29,31H,3,17-18,20-21H2,1-2H3/t22?,28-,29?/m0/s1. The second-order valence-electron chi connectivity index (χ2n) is 9.18. The number of ether oxygens (including phenoxy) is 2. The highest BCUT2D eigenvalue weighted by Crippen LogP contribution is 2.28. The third-order valence-corrected chi connectivity index (χ3v) is 6.78. The number of benzene rings is 3. The van der Waals surface area contributed by atoms with Crippen LogP contribution in [0.15, 0.2) is 84.9 Å². The Labute approximate surface area is 213 Å². The van der Waals surface area contributed by atoms with Crippen LogP contribution in [0.25, 0.3) is 0 Å². The molecule has 3 atom stereocenters. The van der Waals surface area contributed by atoms with Gasteiger partial charge in [0.05, 0.1) is 13.7 Å². The number of carbonyl (C=O) groups is 2. The van der Waals surface area contributed by atoms with Gasteiger partial charge < -0.3 is 14.8 Å². The van der Waals surface area contributed by atoms with Crippen LogP contribution in [0.4, 0.5) is 5.69 Å². The highest BCUT2D eigenvalue weighted by atomic mass is 16.5. The monoisotopic (exact) mass is 486 g/mol. The van der Waals surface area contributed by atoms with Gasteiger partial charge >= 0.3 is 5.97 Å². The van der Waals surface area contributed by atoms with E-state index in [2.05, 4.69) is 17.1 Å². The van der Waals surface area contributed by atoms with Crippen molar-refractivity contribution in [2.75, 3.05) is 32.1 Å². The van der Waals surface area contributed by atoms with E-state index < -0.39 is 6.04 Å². The van der Waals surface area contributed by atoms with Crippen molar-refractivity contribution in [3.63, 3.8) is 0 Å². The summed E-state index contributed by atoms with van der Waals surface area (Å²) in [5, 5.41) is 3.33. The minimum atomic E-state index is -0.669. The third-order valence-electron chi connectivity index (χ3n) is 6.78. The lowest BCUT2D eigenvalue weighted by Crippen LogP contribution is -2.48. The SMILES string of the molecule is CCC1CCN(CC(=O)c2ccccc2)C[C@@H]1OC(=O)C(Nc1cccc(OC)c1)c1ccccc1. The number of Topliss-reactive ketones (excluding diaryl/α,β-unsaturated/α-hetero) is 1. The molecule has 1 aliphatic heterocycles. The Kier molecular flexibility index (Phi) is 8.74. The van der Waals surface area contributed by atoms with Gasteiger partial charge in [-0.05, 0) is 43.0 Å². The van der Waals surface area contributed by atoms with Gasteiger partial charge in [0.2, 0.25) is 0 Å². The van der Waals surface area contributed by atoms with Crippen LogP contribution < -0.4 is 10.1 Å². The Balaban J connectivity index is 1.48. The molecule has 1 N–H and O–H groups in total. The molecule has 0 aromatic heterocycles. The molecule has 0 radical (unpaired) electrons. The molecule has 3 aromatic rings. The summed E-state index contributed by atoms with van der Waals surface area (Å²) in [4.78, 5) is 28.5. The number of nitrogens with zero attached hydrogens (tertiary/aromatic N) is 1. The second-order valence-corrected chi connectivity index (χ2v) is 9.18. The maximum absolute atomic E-state index is 13.6. The highest BCUT2D eigenvalue weighted by Gasteiger charge is 2.34. The van der Waals surface area contributed by atoms with Crippen molar-refractivity contribution in [2.24, 2.45) is 5.92 Å². The molecule has 1 fully saturated rings. The van der Waals surface area contributed by atoms with E-state index in [0.29, 0.717) is 24.4 Å². The number of methoxy groups -OCH3 is 1. The van der Waals surface area contributed by atoms with Crippen molar-refractivity contribution in [1.82, 2.24) is 4.90 Å². The van der Waals surface area contributed by atoms with Crippen LogP contribution in [0.2, 0.25) is 0 Å². The van der Waals surface area contributed by atoms with E-state index in [-0.39, 0.29) is 23.8 Å². The van der Waals surface area contributed by atoms with Crippen LogP contribution in [0.1, 0.15) is 41.7 Å². The number of nitrogens with one attached hydrogen (secondary N) is 1. The summed E-state index contributed by atoms with van der Waals surface area (Å²) in [6.45, 7) is 3.80. The average Bonchev–Trinajstić information content (AvgIpc) is 2.93. The summed E-state index contributed by atoms with van der Waals surface area (Å²) in [5.74, 6) is 0.712. The summed E-state index contributed by atoms with van der Waals surface area (Å²) < 4.78 is 11.5. The van der Waals surface area contributed by atoms with Crippen LogP contribution >= 0.6 is 0 Å². The molecule has 188 valence electrons. The molecule has 1 aliphatic rings. The van der Waals surface area contributed by atoms with E-state index in [4.69, 9.17) is 9.47 Å². The molecule has 0 bridgehead atoms. The Bertz CT molecular complexity index is 1140. The van der Waals surface area contributed by atoms with Crippen LogP contribution in [0.5, 0.6) is 5.75 Å². The fraction of sp³-hybridized carbons (Fsp3) is 0.333. The Morgan fingerprint density at radius 1 is 1.00 bits per heavy atom. The number of hydrogen-bond donors (Lipinski definition) is 1. The van der Waals surface area contributed by atoms with Crippen LogP contribution in [0.3, 0.4) is 0 Å². The van der Waals surface area contributed by atoms with Gasteiger partial charge in [-0.15, -0.1) is 0 Å². The largest absolute Gasteiger partial charge is 0.497 e. The van der Waals surface area contributed by atoms with Crippen molar-refractivity contribution in [2.45, 2.75) is 31.9 Å². The van der Waals surface area contributed by atoms with Gasteiger partial charge in [-0.3, -0.25) is 9.69 Å². The second kappa shape index (κ2) is 12.4. The van der Waals surface area contributed by atoms with Gasteiger partial charge in [-0.1, -0.05) is 73.7 Å². The number of likely N-dealkylation sites (tertiary alicyclic amines) is 1. The minimum Gasteiger partial charge on any atom is -0.497 e. The van der Waals surface area contributed by atoms with E-state index in [0.717, 1.165) is 30.6 Å². The number of esters is 1. The van der Waals surface area contributed by atoms with Gasteiger partial charge in [0, 0.05) is 23.9 Å². The Hall–Kier alpha value is -3.64. The molecule has 0 amide bonds. The molecule has 1 heterocycles. The normalized spacial score (nSPS) is 18.7. The van der Waals surface area contributed by atoms with Crippen molar-refractivity contribution >= 4 is 17.4 Å². The van der Waals surface area contributed by atoms with E-state index in [1.807, 2.05) is 84.9 Å². The lowest BCUT2D eigenvalue weighted by atomic mass is 9.91. The molecule has 1 saturated heterocycles. The van der Waals surface area contributed by atoms with Gasteiger partial charge in [0.15, 0.2) is 11.8 Å². The summed E-state index contributed by atoms with van der Waals surface area (Å²) in [6, 6.07) is 25.8. The molecular weight excluding hydrogens is 452 g/mol. The van der Waals surface area contributed by atoms with Gasteiger partial charge in [-0.2, -0.15) is 0 Å². The first-order valence-electron chi connectivity index (χ1n) is 12.5. The molecule has 0 saturated carbocycles. The van der Waals surface area contributed by atoms with Crippen LogP contribution in [-0.4, -0.2) is 49.5 Å². The van der Waals surface area contributed by atoms with E-state index in [9.17, 15) is 9.59 Å². The molecule has 4 rings (SSSR count). The maximum atomic E-state index is 13.6. The molecular formula is C30H34N2O4. The summed E-state index contributed by atoms with van der Waals surface area (Å²) in [5.41, 5.74) is 2.30. The van der Waals surface area contributed by atoms with Crippen LogP contribution in [-0.2, 0) is 9.53 Å². The van der Waals surface area contributed by atoms with Crippen molar-refractivity contribution in [3.05, 3.63) is 96.1 Å². The predicted molar refractivity (Wildman–Crippen MR) is 141 cm³/mol. The number of ketones is 1. The number of rotatable bonds is 10. The zero-order chi connectivity index (χ0) is 25.3. The van der Waals surface area contributed by atoms with Gasteiger partial charge in [0.1, 0.15) is 11.9 Å². The molecule has 2 unspecified atom stereocenters. The first-order chi connectivity index (χ1) is 17.6. The lowest BCUT2D eigenvalue weighted by Gasteiger charge is -2.38. The maximum Gasteiger partial charge on any atom is 0.333 e. The average molecular weight is 487 g/mol. The number of anilines is 1. The first-order valence-corrected chi connectivity index (χ1v) is 12.5. The van der Waals surface area contributed by atoms with Crippen LogP contribution in [0, 0.1) is 5.92 Å². The van der Waals surface area contributed by atoms with Crippen molar-refractivity contribution < 1.29 is 19.1 Å². The Morgan fingerprint density at radius 3 is 2.42 bits per heavy atom. The molecule has 3 aromatic carbocycles. The van der Waals surface area contributed by atoms with E-state index in [1.165, 1.54) is 0 Å². The van der Waals surface area contributed by atoms with Gasteiger partial charge in [-0.25, -0.2) is 4.79 Å². The molecule has 36 heavy (non-hydrogen) atoms. The van der Waals surface area contributed by atoms with Crippen molar-refractivity contribution in [1.29, 1.82) is 0 Å². The molecule has 0 aliphatic carbocycles. The summed E-state index contributed by atoms with van der Waals surface area (Å²) in [6.07, 6.45) is 1.52. The minimum absolute atomic E-state index is 0.0810. The zero-order valence-corrected chi connectivity index (χ0v) is 20.9. The quantitative estimate of drug-likeness (QED) is 0.307. The number of hydrogen-bond acceptors (Lipinski definition) is 6. The third kappa shape index (κ3) is 6.52. The molecule has 6 nitrogen and oxygen atoms in total. The highest BCUT2D eigenvalue weighted by molar-refractivity contribution is 5.97. The molecule has 0 spiro atoms. The lowest BCUT2D eigenvalue weighted by molar-refractivity contribution is -0.156. The van der Waals surface area contributed by atoms with Gasteiger partial charge in [0.25, 0.3) is 0 Å². The summed E-state index contributed by atoms with van der Waals surface area (Å²) >= 11 is 0. The molecule has 6 heteroatoms. The van der Waals surface area contributed by atoms with E-state index >= 15 is 0 Å². The fourth-order valence-electron chi connectivity index (χ4n) is 4.71. The predicted octanol–water partition coefficient (Wildman–Crippen LogP) is 5.38. The first kappa shape index (κ1) is 25.5. The fourth-order valence-corrected chi connectivity index (χ4v) is 4.71. The summed E-state index contributed by atoms with van der Waals surface area (Å²) in [7, 11) is 1.62.